The average Bonchev–Trinajstić information content (AvgIpc) is 2.96. The van der Waals surface area contributed by atoms with Crippen LogP contribution in [0.4, 0.5) is 5.69 Å². The van der Waals surface area contributed by atoms with Crippen molar-refractivity contribution < 1.29 is 8.98 Å². The van der Waals surface area contributed by atoms with Crippen molar-refractivity contribution >= 4 is 27.6 Å². The Morgan fingerprint density at radius 2 is 1.83 bits per heavy atom. The fourth-order valence-corrected chi connectivity index (χ4v) is 3.49. The molecule has 3 heteroatoms. The van der Waals surface area contributed by atoms with Gasteiger partial charge in [0.2, 0.25) is 11.4 Å². The molecular weight excluding hydrogens is 296 g/mol. The van der Waals surface area contributed by atoms with Crippen molar-refractivity contribution in [1.82, 2.24) is 0 Å². The van der Waals surface area contributed by atoms with E-state index in [1.165, 1.54) is 11.1 Å². The highest BCUT2D eigenvalue weighted by atomic mass is 16.3. The van der Waals surface area contributed by atoms with Gasteiger partial charge in [0.25, 0.3) is 0 Å². The van der Waals surface area contributed by atoms with Gasteiger partial charge in [0, 0.05) is 22.9 Å². The van der Waals surface area contributed by atoms with Crippen LogP contribution in [0.3, 0.4) is 0 Å². The molecule has 3 nitrogen and oxygen atoms in total. The topological polar surface area (TPSA) is 21.4 Å². The number of furan rings is 1. The van der Waals surface area contributed by atoms with Crippen LogP contribution >= 0.6 is 0 Å². The number of aryl methyl sites for hydroxylation is 3. The number of hydrogen-bond acceptors (Lipinski definition) is 1. The normalized spacial score (nSPS) is 11.1. The minimum atomic E-state index is 0.559. The molecule has 0 atom stereocenters. The van der Waals surface area contributed by atoms with E-state index >= 15 is 0 Å². The lowest BCUT2D eigenvalue weighted by Crippen LogP contribution is -2.30. The molecule has 24 heavy (non-hydrogen) atoms. The second-order valence-electron chi connectivity index (χ2n) is 6.15. The Balaban J connectivity index is 2.27. The maximum Gasteiger partial charge on any atom is 0.229 e. The molecule has 0 unspecified atom stereocenters. The van der Waals surface area contributed by atoms with E-state index in [1.54, 1.807) is 0 Å². The highest BCUT2D eigenvalue weighted by molar-refractivity contribution is 6.15. The molecule has 0 aliphatic heterocycles. The molecule has 0 N–H and O–H groups in total. The van der Waals surface area contributed by atoms with Gasteiger partial charge in [0.05, 0.1) is 12.1 Å². The summed E-state index contributed by atoms with van der Waals surface area (Å²) >= 11 is 0. The van der Waals surface area contributed by atoms with E-state index in [9.17, 15) is 0 Å². The summed E-state index contributed by atoms with van der Waals surface area (Å²) in [5.74, 6) is 0. The average molecular weight is 313 g/mol. The molecule has 0 spiro atoms. The summed E-state index contributed by atoms with van der Waals surface area (Å²) in [6.45, 7) is 11.6. The van der Waals surface area contributed by atoms with Crippen molar-refractivity contribution in [1.29, 1.82) is 0 Å². The zero-order chi connectivity index (χ0) is 16.8. The maximum atomic E-state index is 7.41. The van der Waals surface area contributed by atoms with Gasteiger partial charge in [-0.05, 0) is 31.0 Å². The van der Waals surface area contributed by atoms with Crippen molar-refractivity contribution in [3.8, 4) is 11.3 Å². The molecule has 0 aliphatic rings. The molecule has 0 fully saturated rings. The minimum absolute atomic E-state index is 0.559. The molecule has 116 valence electrons. The molecule has 2 aromatic heterocycles. The fraction of sp³-hybridized carbons (Fsp3) is 0.143. The Labute approximate surface area is 140 Å². The summed E-state index contributed by atoms with van der Waals surface area (Å²) in [7, 11) is 2.05. The number of pyridine rings is 1. The van der Waals surface area contributed by atoms with Crippen molar-refractivity contribution in [3.05, 3.63) is 71.2 Å². The van der Waals surface area contributed by atoms with Crippen LogP contribution in [-0.4, -0.2) is 0 Å². The SMILES string of the molecule is [C-]#[N+]c1cccc2c1oc1c(C)cc(C)c(-c3cccc[n+]3C)c12. The first kappa shape index (κ1) is 14.5. The zero-order valence-electron chi connectivity index (χ0n) is 13.9. The Morgan fingerprint density at radius 3 is 2.58 bits per heavy atom. The number of rotatable bonds is 1. The second-order valence-corrected chi connectivity index (χ2v) is 6.15. The van der Waals surface area contributed by atoms with Crippen LogP contribution in [0.1, 0.15) is 11.1 Å². The van der Waals surface area contributed by atoms with E-state index < -0.39 is 0 Å². The van der Waals surface area contributed by atoms with Crippen LogP contribution in [0.25, 0.3) is 38.0 Å². The minimum Gasteiger partial charge on any atom is -0.467 e. The first-order chi connectivity index (χ1) is 11.6. The summed E-state index contributed by atoms with van der Waals surface area (Å²) in [4.78, 5) is 3.62. The van der Waals surface area contributed by atoms with Gasteiger partial charge in [-0.1, -0.05) is 24.3 Å². The van der Waals surface area contributed by atoms with Crippen LogP contribution in [-0.2, 0) is 7.05 Å². The number of aromatic nitrogens is 1. The van der Waals surface area contributed by atoms with E-state index in [2.05, 4.69) is 35.4 Å². The molecule has 0 saturated heterocycles. The Morgan fingerprint density at radius 1 is 1.00 bits per heavy atom. The number of para-hydroxylation sites is 1. The predicted octanol–water partition coefficient (Wildman–Crippen LogP) is 5.25. The van der Waals surface area contributed by atoms with Gasteiger partial charge in [-0.3, -0.25) is 0 Å². The van der Waals surface area contributed by atoms with Gasteiger partial charge in [-0.2, -0.15) is 0 Å². The number of benzene rings is 2. The lowest BCUT2D eigenvalue weighted by atomic mass is 9.95. The molecule has 4 rings (SSSR count). The van der Waals surface area contributed by atoms with Crippen LogP contribution in [0.2, 0.25) is 0 Å². The standard InChI is InChI=1S/C21H17N2O/c1-13-12-14(2)20-19(18(13)17-10-5-6-11-23(17)4)15-8-7-9-16(22-3)21(15)24-20/h5-12H,1-2,4H3/q+1. The van der Waals surface area contributed by atoms with Crippen LogP contribution < -0.4 is 4.57 Å². The Bertz CT molecular complexity index is 1150. The number of hydrogen-bond donors (Lipinski definition) is 0. The quantitative estimate of drug-likeness (QED) is 0.347. The monoisotopic (exact) mass is 313 g/mol. The lowest BCUT2D eigenvalue weighted by Gasteiger charge is -2.08. The van der Waals surface area contributed by atoms with Gasteiger partial charge in [-0.25, -0.2) is 9.41 Å². The Kier molecular flexibility index (Phi) is 3.14. The summed E-state index contributed by atoms with van der Waals surface area (Å²) in [5.41, 5.74) is 6.70. The molecule has 0 radical (unpaired) electrons. The smallest absolute Gasteiger partial charge is 0.229 e. The third-order valence-corrected chi connectivity index (χ3v) is 4.56. The van der Waals surface area contributed by atoms with Gasteiger partial charge < -0.3 is 4.42 Å². The largest absolute Gasteiger partial charge is 0.467 e. The number of fused-ring (bicyclic) bond motifs is 3. The Hall–Kier alpha value is -3.12. The van der Waals surface area contributed by atoms with Gasteiger partial charge in [-0.15, -0.1) is 0 Å². The number of nitrogens with zero attached hydrogens (tertiary/aromatic N) is 2. The van der Waals surface area contributed by atoms with E-state index in [1.807, 2.05) is 43.6 Å². The summed E-state index contributed by atoms with van der Waals surface area (Å²) in [5, 5.41) is 2.10. The van der Waals surface area contributed by atoms with Gasteiger partial charge in [0.1, 0.15) is 18.2 Å². The van der Waals surface area contributed by atoms with E-state index in [0.717, 1.165) is 27.6 Å². The summed E-state index contributed by atoms with van der Waals surface area (Å²) in [6.07, 6.45) is 2.05. The molecule has 0 amide bonds. The summed E-state index contributed by atoms with van der Waals surface area (Å²) in [6, 6.07) is 14.1. The van der Waals surface area contributed by atoms with Crippen LogP contribution in [0.5, 0.6) is 0 Å². The predicted molar refractivity (Wildman–Crippen MR) is 96.1 cm³/mol. The van der Waals surface area contributed by atoms with E-state index in [4.69, 9.17) is 11.0 Å². The van der Waals surface area contributed by atoms with Crippen LogP contribution in [0, 0.1) is 20.4 Å². The molecule has 2 aromatic carbocycles. The van der Waals surface area contributed by atoms with Crippen molar-refractivity contribution in [2.75, 3.05) is 0 Å². The molecule has 0 saturated carbocycles. The van der Waals surface area contributed by atoms with Crippen molar-refractivity contribution in [2.24, 2.45) is 7.05 Å². The third kappa shape index (κ3) is 1.93. The highest BCUT2D eigenvalue weighted by Crippen LogP contribution is 2.42. The van der Waals surface area contributed by atoms with E-state index in [0.29, 0.717) is 11.3 Å². The van der Waals surface area contributed by atoms with Gasteiger partial charge in [0.15, 0.2) is 6.20 Å². The molecular formula is C21H17N2O+. The van der Waals surface area contributed by atoms with Gasteiger partial charge >= 0.3 is 0 Å². The van der Waals surface area contributed by atoms with Crippen molar-refractivity contribution in [3.63, 3.8) is 0 Å². The molecule has 4 aromatic rings. The molecule has 0 bridgehead atoms. The maximum absolute atomic E-state index is 7.41. The lowest BCUT2D eigenvalue weighted by molar-refractivity contribution is -0.660. The van der Waals surface area contributed by atoms with Crippen LogP contribution in [0.15, 0.2) is 53.1 Å². The van der Waals surface area contributed by atoms with E-state index in [-0.39, 0.29) is 0 Å². The zero-order valence-corrected chi connectivity index (χ0v) is 13.9. The third-order valence-electron chi connectivity index (χ3n) is 4.56. The highest BCUT2D eigenvalue weighted by Gasteiger charge is 2.22. The second kappa shape index (κ2) is 5.21. The summed E-state index contributed by atoms with van der Waals surface area (Å²) < 4.78 is 8.26. The molecule has 0 aliphatic carbocycles. The first-order valence-corrected chi connectivity index (χ1v) is 7.89. The molecule has 2 heterocycles. The first-order valence-electron chi connectivity index (χ1n) is 7.89. The fourth-order valence-electron chi connectivity index (χ4n) is 3.49. The van der Waals surface area contributed by atoms with Crippen molar-refractivity contribution in [2.45, 2.75) is 13.8 Å².